The Balaban J connectivity index is 0.00000161. The summed E-state index contributed by atoms with van der Waals surface area (Å²) in [5.41, 5.74) is 5.10. The Bertz CT molecular complexity index is 898. The van der Waals surface area contributed by atoms with Gasteiger partial charge < -0.3 is 9.80 Å². The summed E-state index contributed by atoms with van der Waals surface area (Å²) in [4.78, 5) is 20.9. The number of carbonyl (C=O) groups is 1. The van der Waals surface area contributed by atoms with Crippen molar-refractivity contribution in [2.75, 3.05) is 50.7 Å². The van der Waals surface area contributed by atoms with Crippen molar-refractivity contribution in [1.82, 2.24) is 9.80 Å². The molecule has 0 unspecified atom stereocenters. The number of nitrogens with zero attached hydrogens (tertiary/aromatic N) is 3. The predicted molar refractivity (Wildman–Crippen MR) is 177 cm³/mol. The van der Waals surface area contributed by atoms with Crippen molar-refractivity contribution >= 4 is 11.6 Å². The minimum atomic E-state index is 0. The summed E-state index contributed by atoms with van der Waals surface area (Å²) >= 11 is 0. The van der Waals surface area contributed by atoms with Gasteiger partial charge in [-0.1, -0.05) is 65.7 Å². The zero-order chi connectivity index (χ0) is 29.5. The number of anilines is 1. The minimum absolute atomic E-state index is 0. The minimum Gasteiger partial charge on any atom is -0.369 e. The molecule has 1 heterocycles. The van der Waals surface area contributed by atoms with Crippen LogP contribution in [0.15, 0.2) is 43.0 Å². The molecule has 1 radical (unpaired) electrons. The third-order valence-electron chi connectivity index (χ3n) is 8.83. The molecule has 3 aliphatic rings. The number of allylic oxidation sites excluding steroid dienone is 1. The Morgan fingerprint density at radius 3 is 2.20 bits per heavy atom. The van der Waals surface area contributed by atoms with Gasteiger partial charge in [0.05, 0.1) is 0 Å². The van der Waals surface area contributed by atoms with E-state index in [0.29, 0.717) is 5.92 Å². The number of unbranched alkanes of at least 4 members (excludes halogenated alkanes) is 1. The molecule has 2 aliphatic carbocycles. The molecule has 0 bridgehead atoms. The molecule has 4 heteroatoms. The van der Waals surface area contributed by atoms with Gasteiger partial charge in [-0.2, -0.15) is 0 Å². The SMILES string of the molecule is C=C.CC.CCCCN1CCN(c2cc(C(=O)N(CCC)CCC3=C[CH]3)ccc2C2CCC(C(C)C)CC2)CC1.[HH]. The maximum atomic E-state index is 13.6. The van der Waals surface area contributed by atoms with Crippen LogP contribution < -0.4 is 4.90 Å². The summed E-state index contributed by atoms with van der Waals surface area (Å²) < 4.78 is 0. The number of carbonyl (C=O) groups excluding carboxylic acids is 1. The van der Waals surface area contributed by atoms with Crippen LogP contribution in [0.4, 0.5) is 5.69 Å². The molecule has 40 heavy (non-hydrogen) atoms. The number of hydrogen-bond acceptors (Lipinski definition) is 3. The molecule has 1 amide bonds. The second-order valence-electron chi connectivity index (χ2n) is 11.8. The van der Waals surface area contributed by atoms with E-state index in [1.54, 1.807) is 0 Å². The van der Waals surface area contributed by atoms with Crippen LogP contribution in [0.5, 0.6) is 0 Å². The molecule has 1 aromatic carbocycles. The Morgan fingerprint density at radius 1 is 1.00 bits per heavy atom. The van der Waals surface area contributed by atoms with Gasteiger partial charge in [0.15, 0.2) is 0 Å². The molecule has 1 saturated carbocycles. The molecule has 2 fully saturated rings. The Labute approximate surface area is 249 Å². The summed E-state index contributed by atoms with van der Waals surface area (Å²) in [5, 5.41) is 0. The van der Waals surface area contributed by atoms with Crippen LogP contribution in [0.3, 0.4) is 0 Å². The average molecular weight is 553 g/mol. The average Bonchev–Trinajstić information content (AvgIpc) is 3.84. The summed E-state index contributed by atoms with van der Waals surface area (Å²) in [6.07, 6.45) is 14.1. The summed E-state index contributed by atoms with van der Waals surface area (Å²) in [6.45, 7) is 26.5. The first-order chi connectivity index (χ1) is 19.5. The highest BCUT2D eigenvalue weighted by Crippen LogP contribution is 2.42. The van der Waals surface area contributed by atoms with Crippen LogP contribution in [-0.2, 0) is 0 Å². The molecule has 0 aromatic heterocycles. The number of rotatable bonds is 12. The Hall–Kier alpha value is -2.07. The molecular weight excluding hydrogens is 490 g/mol. The zero-order valence-electron chi connectivity index (χ0n) is 26.9. The van der Waals surface area contributed by atoms with Crippen LogP contribution in [0.25, 0.3) is 0 Å². The van der Waals surface area contributed by atoms with Gasteiger partial charge in [-0.15, -0.1) is 13.2 Å². The van der Waals surface area contributed by atoms with Gasteiger partial charge in [-0.3, -0.25) is 9.69 Å². The number of amides is 1. The highest BCUT2D eigenvalue weighted by molar-refractivity contribution is 5.95. The van der Waals surface area contributed by atoms with E-state index in [0.717, 1.165) is 69.5 Å². The quantitative estimate of drug-likeness (QED) is 0.242. The van der Waals surface area contributed by atoms with E-state index < -0.39 is 0 Å². The molecule has 0 atom stereocenters. The van der Waals surface area contributed by atoms with Crippen molar-refractivity contribution in [3.05, 3.63) is 60.6 Å². The van der Waals surface area contributed by atoms with Crippen LogP contribution in [-0.4, -0.2) is 61.5 Å². The van der Waals surface area contributed by atoms with Gasteiger partial charge in [0.1, 0.15) is 0 Å². The van der Waals surface area contributed by atoms with Crippen molar-refractivity contribution < 1.29 is 6.22 Å². The maximum Gasteiger partial charge on any atom is 0.253 e. The van der Waals surface area contributed by atoms with Gasteiger partial charge in [0, 0.05) is 58.4 Å². The fourth-order valence-electron chi connectivity index (χ4n) is 6.24. The fraction of sp³-hybridized carbons (Fsp3) is 0.667. The zero-order valence-corrected chi connectivity index (χ0v) is 26.9. The fourth-order valence-corrected chi connectivity index (χ4v) is 6.24. The van der Waals surface area contributed by atoms with Crippen molar-refractivity contribution in [2.45, 2.75) is 98.8 Å². The summed E-state index contributed by atoms with van der Waals surface area (Å²) in [7, 11) is 0. The van der Waals surface area contributed by atoms with E-state index in [4.69, 9.17) is 0 Å². The van der Waals surface area contributed by atoms with Crippen LogP contribution in [0, 0.1) is 18.3 Å². The molecule has 4 nitrogen and oxygen atoms in total. The van der Waals surface area contributed by atoms with Crippen LogP contribution >= 0.6 is 0 Å². The highest BCUT2D eigenvalue weighted by Gasteiger charge is 2.29. The third-order valence-corrected chi connectivity index (χ3v) is 8.83. The lowest BCUT2D eigenvalue weighted by Gasteiger charge is -2.39. The van der Waals surface area contributed by atoms with Crippen LogP contribution in [0.1, 0.15) is 116 Å². The first-order valence-electron chi connectivity index (χ1n) is 16.4. The molecule has 1 saturated heterocycles. The summed E-state index contributed by atoms with van der Waals surface area (Å²) in [6, 6.07) is 6.73. The molecule has 4 rings (SSSR count). The predicted octanol–water partition coefficient (Wildman–Crippen LogP) is 9.00. The van der Waals surface area contributed by atoms with Gasteiger partial charge in [-0.05, 0) is 86.9 Å². The van der Waals surface area contributed by atoms with Crippen molar-refractivity contribution in [2.24, 2.45) is 11.8 Å². The normalized spacial score (nSPS) is 20.6. The second kappa shape index (κ2) is 18.4. The highest BCUT2D eigenvalue weighted by atomic mass is 16.2. The first-order valence-corrected chi connectivity index (χ1v) is 16.4. The Morgan fingerprint density at radius 2 is 1.65 bits per heavy atom. The molecule has 227 valence electrons. The number of benzene rings is 1. The van der Waals surface area contributed by atoms with Gasteiger partial charge in [0.2, 0.25) is 0 Å². The molecule has 1 aliphatic heterocycles. The lowest BCUT2D eigenvalue weighted by molar-refractivity contribution is 0.0758. The standard InChI is InChI=1S/C32H50N3O.C2H6.C2H4.H2/c1-5-7-18-33-20-22-34(23-21-33)31-24-29(32(36)35(17-6-2)19-16-26-8-9-26)14-15-30(31)28-12-10-27(11-13-28)25(3)4;2*1-2;/h8-9,14-15,24-25,27-28H,5-7,10-13,16-23H2,1-4H3;1-2H3;1-2H2;1H. The van der Waals surface area contributed by atoms with E-state index in [1.165, 1.54) is 61.9 Å². The van der Waals surface area contributed by atoms with Crippen molar-refractivity contribution in [3.63, 3.8) is 0 Å². The van der Waals surface area contributed by atoms with E-state index >= 15 is 0 Å². The van der Waals surface area contributed by atoms with Gasteiger partial charge >= 0.3 is 0 Å². The van der Waals surface area contributed by atoms with E-state index in [9.17, 15) is 4.79 Å². The van der Waals surface area contributed by atoms with Gasteiger partial charge in [-0.25, -0.2) is 0 Å². The van der Waals surface area contributed by atoms with E-state index in [1.807, 2.05) is 13.8 Å². The van der Waals surface area contributed by atoms with Gasteiger partial charge in [0.25, 0.3) is 5.91 Å². The lowest BCUT2D eigenvalue weighted by atomic mass is 9.74. The maximum absolute atomic E-state index is 13.6. The Kier molecular flexibility index (Phi) is 15.7. The van der Waals surface area contributed by atoms with E-state index in [2.05, 4.69) is 86.2 Å². The van der Waals surface area contributed by atoms with Crippen molar-refractivity contribution in [1.29, 1.82) is 0 Å². The topological polar surface area (TPSA) is 26.8 Å². The monoisotopic (exact) mass is 552 g/mol. The second-order valence-corrected chi connectivity index (χ2v) is 11.8. The molecule has 0 N–H and O–H groups in total. The third kappa shape index (κ3) is 10.1. The van der Waals surface area contributed by atoms with Crippen LogP contribution in [0.2, 0.25) is 0 Å². The molecule has 1 aromatic rings. The molecular formula is C36H62N3O. The first kappa shape index (κ1) is 34.1. The van der Waals surface area contributed by atoms with E-state index in [-0.39, 0.29) is 7.33 Å². The lowest BCUT2D eigenvalue weighted by Crippen LogP contribution is -2.47. The number of hydrogen-bond donors (Lipinski definition) is 0. The number of piperazine rings is 1. The smallest absolute Gasteiger partial charge is 0.253 e. The van der Waals surface area contributed by atoms with Crippen molar-refractivity contribution in [3.8, 4) is 0 Å². The summed E-state index contributed by atoms with van der Waals surface area (Å²) in [5.74, 6) is 2.49. The largest absolute Gasteiger partial charge is 0.369 e. The molecule has 0 spiro atoms.